The summed E-state index contributed by atoms with van der Waals surface area (Å²) in [5, 5.41) is 20.2. The van der Waals surface area contributed by atoms with Crippen molar-refractivity contribution in [2.75, 3.05) is 13.1 Å². The first-order chi connectivity index (χ1) is 10.2. The van der Waals surface area contributed by atoms with Gasteiger partial charge < -0.3 is 10.2 Å². The second kappa shape index (κ2) is 5.92. The molecule has 3 aliphatic rings. The molecule has 3 nitrogen and oxygen atoms in total. The minimum absolute atomic E-state index is 0.103. The van der Waals surface area contributed by atoms with Gasteiger partial charge in [0.25, 0.3) is 0 Å². The van der Waals surface area contributed by atoms with Crippen LogP contribution in [0.5, 0.6) is 0 Å². The van der Waals surface area contributed by atoms with Crippen LogP contribution in [-0.4, -0.2) is 40.3 Å². The van der Waals surface area contributed by atoms with Crippen molar-refractivity contribution in [2.45, 2.75) is 31.1 Å². The third-order valence-corrected chi connectivity index (χ3v) is 4.54. The Bertz CT molecular complexity index is 612. The van der Waals surface area contributed by atoms with Crippen molar-refractivity contribution < 1.29 is 10.2 Å². The fraction of sp³-hybridized carbons (Fsp3) is 0.444. The lowest BCUT2D eigenvalue weighted by molar-refractivity contribution is -0.0500. The number of fused-ring (bicyclic) bond motifs is 3. The molecule has 1 aromatic carbocycles. The van der Waals surface area contributed by atoms with Crippen LogP contribution < -0.4 is 0 Å². The lowest BCUT2D eigenvalue weighted by atomic mass is 9.81. The van der Waals surface area contributed by atoms with Crippen LogP contribution in [-0.2, 0) is 0 Å². The minimum Gasteiger partial charge on any atom is -0.390 e. The summed E-state index contributed by atoms with van der Waals surface area (Å²) in [5.74, 6) is 8.99. The summed E-state index contributed by atoms with van der Waals surface area (Å²) in [4.78, 5) is 2.25. The molecule has 1 aromatic rings. The van der Waals surface area contributed by atoms with E-state index in [-0.39, 0.29) is 12.1 Å². The van der Waals surface area contributed by atoms with Crippen LogP contribution in [0.15, 0.2) is 24.3 Å². The zero-order valence-corrected chi connectivity index (χ0v) is 11.9. The van der Waals surface area contributed by atoms with Gasteiger partial charge in [-0.3, -0.25) is 4.90 Å². The van der Waals surface area contributed by atoms with Gasteiger partial charge in [-0.15, -0.1) is 6.42 Å². The molecule has 3 heteroatoms. The van der Waals surface area contributed by atoms with Crippen molar-refractivity contribution in [3.63, 3.8) is 0 Å². The monoisotopic (exact) mass is 281 g/mol. The fourth-order valence-electron chi connectivity index (χ4n) is 3.28. The van der Waals surface area contributed by atoms with E-state index in [2.05, 4.69) is 22.7 Å². The minimum atomic E-state index is -0.941. The largest absolute Gasteiger partial charge is 0.390 e. The van der Waals surface area contributed by atoms with Gasteiger partial charge in [-0.2, -0.15) is 0 Å². The van der Waals surface area contributed by atoms with Gasteiger partial charge in [0.15, 0.2) is 0 Å². The molecule has 4 rings (SSSR count). The molecule has 3 unspecified atom stereocenters. The number of aliphatic hydroxyl groups is 2. The zero-order chi connectivity index (χ0) is 14.8. The summed E-state index contributed by atoms with van der Waals surface area (Å²) in [6.45, 7) is 2.02. The highest BCUT2D eigenvalue weighted by Crippen LogP contribution is 2.32. The van der Waals surface area contributed by atoms with E-state index in [0.717, 1.165) is 31.5 Å². The Labute approximate surface area is 125 Å². The van der Waals surface area contributed by atoms with Gasteiger partial charge in [0.2, 0.25) is 0 Å². The van der Waals surface area contributed by atoms with Crippen LogP contribution in [0, 0.1) is 30.1 Å². The van der Waals surface area contributed by atoms with E-state index in [9.17, 15) is 10.2 Å². The predicted octanol–water partition coefficient (Wildman–Crippen LogP) is 1.16. The highest BCUT2D eigenvalue weighted by molar-refractivity contribution is 5.45. The molecule has 3 saturated heterocycles. The highest BCUT2D eigenvalue weighted by Gasteiger charge is 2.40. The van der Waals surface area contributed by atoms with E-state index in [1.807, 2.05) is 18.2 Å². The topological polar surface area (TPSA) is 43.7 Å². The van der Waals surface area contributed by atoms with E-state index in [4.69, 9.17) is 6.42 Å². The molecule has 0 aliphatic carbocycles. The Hall–Kier alpha value is -1.78. The second-order valence-electron chi connectivity index (χ2n) is 5.73. The van der Waals surface area contributed by atoms with E-state index in [1.165, 1.54) is 0 Å². The average Bonchev–Trinajstić information content (AvgIpc) is 2.54. The van der Waals surface area contributed by atoms with Crippen molar-refractivity contribution in [3.05, 3.63) is 35.4 Å². The number of nitrogens with zero attached hydrogens (tertiary/aromatic N) is 1. The molecule has 2 N–H and O–H groups in total. The maximum atomic E-state index is 10.3. The number of piperidine rings is 3. The third-order valence-electron chi connectivity index (χ3n) is 4.54. The van der Waals surface area contributed by atoms with Crippen LogP contribution in [0.3, 0.4) is 0 Å². The molecule has 2 bridgehead atoms. The molecule has 3 heterocycles. The van der Waals surface area contributed by atoms with Crippen LogP contribution in [0.25, 0.3) is 0 Å². The lowest BCUT2D eigenvalue weighted by Crippen LogP contribution is -2.57. The number of aliphatic hydroxyl groups excluding tert-OH is 2. The molecule has 0 amide bonds. The van der Waals surface area contributed by atoms with Gasteiger partial charge in [0.05, 0.1) is 12.1 Å². The van der Waals surface area contributed by atoms with Gasteiger partial charge in [-0.05, 0) is 37.9 Å². The molecule has 0 radical (unpaired) electrons. The lowest BCUT2D eigenvalue weighted by Gasteiger charge is -2.46. The van der Waals surface area contributed by atoms with E-state index < -0.39 is 6.10 Å². The third kappa shape index (κ3) is 2.69. The first kappa shape index (κ1) is 14.2. The summed E-state index contributed by atoms with van der Waals surface area (Å²) in [6.07, 6.45) is 6.10. The van der Waals surface area contributed by atoms with E-state index in [1.54, 1.807) is 6.07 Å². The molecule has 3 aliphatic heterocycles. The summed E-state index contributed by atoms with van der Waals surface area (Å²) < 4.78 is 0. The molecule has 0 spiro atoms. The Morgan fingerprint density at radius 2 is 1.95 bits per heavy atom. The quantitative estimate of drug-likeness (QED) is 0.759. The molecule has 0 saturated carbocycles. The number of benzene rings is 1. The predicted molar refractivity (Wildman–Crippen MR) is 81.2 cm³/mol. The van der Waals surface area contributed by atoms with Crippen molar-refractivity contribution >= 4 is 0 Å². The summed E-state index contributed by atoms with van der Waals surface area (Å²) in [6, 6.07) is 7.25. The SMILES string of the molecule is C#CC(O)c1ccccc1C#CC1C(O)C2CCN1CC2. The Kier molecular flexibility index (Phi) is 3.99. The average molecular weight is 281 g/mol. The maximum Gasteiger partial charge on any atom is 0.141 e. The molecule has 0 aromatic heterocycles. The molecular formula is C18H19NO2. The Balaban J connectivity index is 1.87. The second-order valence-corrected chi connectivity index (χ2v) is 5.73. The smallest absolute Gasteiger partial charge is 0.141 e. The first-order valence-electron chi connectivity index (χ1n) is 7.37. The highest BCUT2D eigenvalue weighted by atomic mass is 16.3. The molecule has 3 fully saturated rings. The molecule has 21 heavy (non-hydrogen) atoms. The number of terminal acetylenes is 1. The van der Waals surface area contributed by atoms with Gasteiger partial charge in [-0.1, -0.05) is 36.0 Å². The van der Waals surface area contributed by atoms with Crippen LogP contribution in [0.2, 0.25) is 0 Å². The summed E-state index contributed by atoms with van der Waals surface area (Å²) in [7, 11) is 0. The van der Waals surface area contributed by atoms with Gasteiger partial charge in [-0.25, -0.2) is 0 Å². The van der Waals surface area contributed by atoms with E-state index >= 15 is 0 Å². The number of hydrogen-bond acceptors (Lipinski definition) is 3. The Morgan fingerprint density at radius 1 is 1.24 bits per heavy atom. The number of rotatable bonds is 1. The fourth-order valence-corrected chi connectivity index (χ4v) is 3.28. The molecule has 3 atom stereocenters. The summed E-state index contributed by atoms with van der Waals surface area (Å²) in [5.41, 5.74) is 1.38. The van der Waals surface area contributed by atoms with Crippen LogP contribution >= 0.6 is 0 Å². The molecule has 108 valence electrons. The van der Waals surface area contributed by atoms with Crippen molar-refractivity contribution in [1.82, 2.24) is 4.90 Å². The van der Waals surface area contributed by atoms with Crippen LogP contribution in [0.1, 0.15) is 30.1 Å². The normalized spacial score (nSPS) is 31.9. The van der Waals surface area contributed by atoms with Crippen molar-refractivity contribution in [2.24, 2.45) is 5.92 Å². The van der Waals surface area contributed by atoms with Crippen LogP contribution in [0.4, 0.5) is 0 Å². The van der Waals surface area contributed by atoms with Crippen molar-refractivity contribution in [1.29, 1.82) is 0 Å². The van der Waals surface area contributed by atoms with Gasteiger partial charge in [0.1, 0.15) is 6.10 Å². The standard InChI is InChI=1S/C18H19NO2/c1-2-17(20)15-6-4-3-5-13(15)7-8-16-18(21)14-9-11-19(16)12-10-14/h1,3-6,14,16-18,20-21H,9-12H2. The molecular weight excluding hydrogens is 262 g/mol. The maximum absolute atomic E-state index is 10.3. The number of hydrogen-bond donors (Lipinski definition) is 2. The van der Waals surface area contributed by atoms with Gasteiger partial charge >= 0.3 is 0 Å². The van der Waals surface area contributed by atoms with Gasteiger partial charge in [0, 0.05) is 11.1 Å². The first-order valence-corrected chi connectivity index (χ1v) is 7.37. The zero-order valence-electron chi connectivity index (χ0n) is 11.9. The summed E-state index contributed by atoms with van der Waals surface area (Å²) >= 11 is 0. The van der Waals surface area contributed by atoms with Crippen molar-refractivity contribution in [3.8, 4) is 24.2 Å². The Morgan fingerprint density at radius 3 is 2.62 bits per heavy atom. The van der Waals surface area contributed by atoms with E-state index in [0.29, 0.717) is 11.5 Å².